The number of alkyl halides is 1. The summed E-state index contributed by atoms with van der Waals surface area (Å²) in [5.74, 6) is 0.753. The Morgan fingerprint density at radius 2 is 2.28 bits per heavy atom. The Morgan fingerprint density at radius 3 is 2.94 bits per heavy atom. The fourth-order valence-electron chi connectivity index (χ4n) is 1.37. The molecule has 0 spiro atoms. The molecule has 1 aromatic heterocycles. The van der Waals surface area contributed by atoms with Crippen molar-refractivity contribution in [2.45, 2.75) is 6.92 Å². The van der Waals surface area contributed by atoms with Gasteiger partial charge in [-0.1, -0.05) is 27.3 Å². The Kier molecular flexibility index (Phi) is 4.08. The monoisotopic (exact) mass is 350 g/mol. The minimum atomic E-state index is -3.36. The van der Waals surface area contributed by atoms with E-state index in [4.69, 9.17) is 4.74 Å². The molecular formula is C10H11BrN2O3S2. The molecule has 0 aliphatic carbocycles. The first-order chi connectivity index (χ1) is 8.54. The van der Waals surface area contributed by atoms with Crippen LogP contribution < -0.4 is 9.46 Å². The highest BCUT2D eigenvalue weighted by Gasteiger charge is 2.12. The van der Waals surface area contributed by atoms with E-state index in [1.807, 2.05) is 25.1 Å². The van der Waals surface area contributed by atoms with E-state index in [-0.39, 0.29) is 4.66 Å². The molecule has 0 aliphatic heterocycles. The number of sulfonamides is 1. The standard InChI is InChI=1S/C10H11BrN2O3S2/c1-2-16-7-3-4-8-9(5-7)17-10(12-8)13-18(14,15)6-11/h3-5H,2,6H2,1H3,(H,12,13). The molecule has 0 unspecified atom stereocenters. The number of benzene rings is 1. The minimum Gasteiger partial charge on any atom is -0.494 e. The summed E-state index contributed by atoms with van der Waals surface area (Å²) >= 11 is 4.19. The third-order valence-corrected chi connectivity index (χ3v) is 5.72. The lowest BCUT2D eigenvalue weighted by Gasteiger charge is -2.00. The van der Waals surface area contributed by atoms with Gasteiger partial charge in [0.25, 0.3) is 0 Å². The van der Waals surface area contributed by atoms with Gasteiger partial charge in [0.05, 0.1) is 16.8 Å². The summed E-state index contributed by atoms with van der Waals surface area (Å²) in [4.78, 5) is 4.20. The zero-order valence-electron chi connectivity index (χ0n) is 9.51. The number of ether oxygens (including phenoxy) is 1. The molecule has 18 heavy (non-hydrogen) atoms. The van der Waals surface area contributed by atoms with Gasteiger partial charge in [-0.3, -0.25) is 4.72 Å². The van der Waals surface area contributed by atoms with Crippen molar-refractivity contribution in [2.75, 3.05) is 16.0 Å². The molecule has 2 rings (SSSR count). The van der Waals surface area contributed by atoms with Crippen molar-refractivity contribution < 1.29 is 13.2 Å². The molecule has 0 amide bonds. The van der Waals surface area contributed by atoms with E-state index in [2.05, 4.69) is 25.6 Å². The molecule has 0 saturated carbocycles. The van der Waals surface area contributed by atoms with Crippen molar-refractivity contribution in [3.63, 3.8) is 0 Å². The quantitative estimate of drug-likeness (QED) is 0.841. The normalized spacial score (nSPS) is 11.7. The predicted octanol–water partition coefficient (Wildman–Crippen LogP) is 2.79. The lowest BCUT2D eigenvalue weighted by molar-refractivity contribution is 0.341. The number of thiazole rings is 1. The van der Waals surface area contributed by atoms with Crippen molar-refractivity contribution >= 4 is 52.6 Å². The van der Waals surface area contributed by atoms with E-state index in [9.17, 15) is 8.42 Å². The van der Waals surface area contributed by atoms with Gasteiger partial charge in [0, 0.05) is 0 Å². The van der Waals surface area contributed by atoms with Crippen molar-refractivity contribution in [1.82, 2.24) is 4.98 Å². The number of halogens is 1. The first-order valence-electron chi connectivity index (χ1n) is 5.14. The molecule has 0 radical (unpaired) electrons. The van der Waals surface area contributed by atoms with E-state index >= 15 is 0 Å². The van der Waals surface area contributed by atoms with Gasteiger partial charge in [-0.15, -0.1) is 0 Å². The zero-order valence-corrected chi connectivity index (χ0v) is 12.7. The molecule has 0 saturated heterocycles. The highest BCUT2D eigenvalue weighted by molar-refractivity contribution is 9.10. The highest BCUT2D eigenvalue weighted by Crippen LogP contribution is 2.29. The summed E-state index contributed by atoms with van der Waals surface area (Å²) in [6, 6.07) is 5.47. The fourth-order valence-corrected chi connectivity index (χ4v) is 3.37. The Hall–Kier alpha value is -0.860. The summed E-state index contributed by atoms with van der Waals surface area (Å²) < 4.78 is 31.3. The summed E-state index contributed by atoms with van der Waals surface area (Å²) in [5, 5.41) is 0.359. The Labute approximate surface area is 117 Å². The Morgan fingerprint density at radius 1 is 1.50 bits per heavy atom. The van der Waals surface area contributed by atoms with E-state index in [1.165, 1.54) is 11.3 Å². The summed E-state index contributed by atoms with van der Waals surface area (Å²) in [7, 11) is -3.36. The molecule has 0 atom stereocenters. The molecule has 2 aromatic rings. The van der Waals surface area contributed by atoms with Gasteiger partial charge < -0.3 is 4.74 Å². The summed E-state index contributed by atoms with van der Waals surface area (Å²) in [6.45, 7) is 2.50. The molecule has 0 aliphatic rings. The topological polar surface area (TPSA) is 68.3 Å². The molecule has 5 nitrogen and oxygen atoms in total. The van der Waals surface area contributed by atoms with Crippen LogP contribution in [0.5, 0.6) is 5.75 Å². The lowest BCUT2D eigenvalue weighted by Crippen LogP contribution is -2.12. The van der Waals surface area contributed by atoms with Crippen LogP contribution in [0, 0.1) is 0 Å². The minimum absolute atomic E-state index is 0.153. The van der Waals surface area contributed by atoms with Crippen molar-refractivity contribution in [1.29, 1.82) is 0 Å². The second kappa shape index (κ2) is 5.41. The number of nitrogens with one attached hydrogen (secondary N) is 1. The smallest absolute Gasteiger partial charge is 0.244 e. The van der Waals surface area contributed by atoms with Gasteiger partial charge >= 0.3 is 0 Å². The third-order valence-electron chi connectivity index (χ3n) is 2.06. The molecule has 0 bridgehead atoms. The molecule has 8 heteroatoms. The number of aromatic nitrogens is 1. The van der Waals surface area contributed by atoms with Crippen LogP contribution in [0.15, 0.2) is 18.2 Å². The van der Waals surface area contributed by atoms with Crippen LogP contribution in [0.2, 0.25) is 0 Å². The molecular weight excluding hydrogens is 340 g/mol. The van der Waals surface area contributed by atoms with E-state index in [0.717, 1.165) is 16.0 Å². The van der Waals surface area contributed by atoms with Crippen LogP contribution in [-0.4, -0.2) is 24.7 Å². The number of hydrogen-bond acceptors (Lipinski definition) is 5. The Balaban J connectivity index is 2.32. The first kappa shape index (κ1) is 13.6. The van der Waals surface area contributed by atoms with Gasteiger partial charge in [0.1, 0.15) is 10.4 Å². The maximum atomic E-state index is 11.4. The largest absolute Gasteiger partial charge is 0.494 e. The molecule has 1 heterocycles. The van der Waals surface area contributed by atoms with Gasteiger partial charge in [0.2, 0.25) is 10.0 Å². The number of nitrogens with zero attached hydrogens (tertiary/aromatic N) is 1. The van der Waals surface area contributed by atoms with Crippen LogP contribution in [-0.2, 0) is 10.0 Å². The van der Waals surface area contributed by atoms with Crippen molar-refractivity contribution in [2.24, 2.45) is 0 Å². The fraction of sp³-hybridized carbons (Fsp3) is 0.300. The number of fused-ring (bicyclic) bond motifs is 1. The second-order valence-corrected chi connectivity index (χ2v) is 7.46. The molecule has 1 aromatic carbocycles. The van der Waals surface area contributed by atoms with Crippen LogP contribution in [0.25, 0.3) is 10.2 Å². The lowest BCUT2D eigenvalue weighted by atomic mass is 10.3. The Bertz CT molecular complexity index is 654. The molecule has 1 N–H and O–H groups in total. The van der Waals surface area contributed by atoms with E-state index in [0.29, 0.717) is 11.7 Å². The van der Waals surface area contributed by atoms with Crippen molar-refractivity contribution in [3.05, 3.63) is 18.2 Å². The zero-order chi connectivity index (χ0) is 13.2. The first-order valence-corrected chi connectivity index (χ1v) is 8.73. The summed E-state index contributed by atoms with van der Waals surface area (Å²) in [6.07, 6.45) is 0. The third kappa shape index (κ3) is 3.12. The number of rotatable bonds is 5. The highest BCUT2D eigenvalue weighted by atomic mass is 79.9. The number of anilines is 1. The van der Waals surface area contributed by atoms with Crippen molar-refractivity contribution in [3.8, 4) is 5.75 Å². The van der Waals surface area contributed by atoms with Gasteiger partial charge in [-0.25, -0.2) is 13.4 Å². The average molecular weight is 351 g/mol. The van der Waals surface area contributed by atoms with Crippen LogP contribution in [0.4, 0.5) is 5.13 Å². The van der Waals surface area contributed by atoms with Crippen LogP contribution in [0.1, 0.15) is 6.92 Å². The van der Waals surface area contributed by atoms with E-state index < -0.39 is 10.0 Å². The van der Waals surface area contributed by atoms with Crippen LogP contribution >= 0.6 is 27.3 Å². The van der Waals surface area contributed by atoms with Crippen LogP contribution in [0.3, 0.4) is 0 Å². The molecule has 0 fully saturated rings. The van der Waals surface area contributed by atoms with Gasteiger partial charge in [-0.2, -0.15) is 0 Å². The van der Waals surface area contributed by atoms with Gasteiger partial charge in [0.15, 0.2) is 5.13 Å². The van der Waals surface area contributed by atoms with Gasteiger partial charge in [-0.05, 0) is 25.1 Å². The van der Waals surface area contributed by atoms with E-state index in [1.54, 1.807) is 0 Å². The second-order valence-electron chi connectivity index (χ2n) is 3.41. The average Bonchev–Trinajstić information content (AvgIpc) is 2.70. The number of hydrogen-bond donors (Lipinski definition) is 1. The maximum Gasteiger partial charge on any atom is 0.244 e. The summed E-state index contributed by atoms with van der Waals surface area (Å²) in [5.41, 5.74) is 0.746. The predicted molar refractivity (Wildman–Crippen MR) is 77.1 cm³/mol. The maximum absolute atomic E-state index is 11.4. The molecule has 98 valence electrons. The SMILES string of the molecule is CCOc1ccc2nc(NS(=O)(=O)CBr)sc2c1.